The van der Waals surface area contributed by atoms with Crippen LogP contribution < -0.4 is 4.31 Å². The lowest BCUT2D eigenvalue weighted by Gasteiger charge is -2.29. The lowest BCUT2D eigenvalue weighted by atomic mass is 10.3. The molecule has 0 atom stereocenters. The van der Waals surface area contributed by atoms with Gasteiger partial charge in [0.05, 0.1) is 10.6 Å². The number of thiophene rings is 1. The second-order valence-electron chi connectivity index (χ2n) is 4.35. The van der Waals surface area contributed by atoms with Crippen molar-refractivity contribution in [3.8, 4) is 0 Å². The van der Waals surface area contributed by atoms with Gasteiger partial charge >= 0.3 is 5.97 Å². The van der Waals surface area contributed by atoms with Gasteiger partial charge in [-0.05, 0) is 18.2 Å². The Morgan fingerprint density at radius 3 is 2.76 bits per heavy atom. The van der Waals surface area contributed by atoms with E-state index in [-0.39, 0.29) is 9.77 Å². The van der Waals surface area contributed by atoms with Crippen molar-refractivity contribution in [2.75, 3.05) is 16.6 Å². The number of carbonyl (C=O) groups is 1. The summed E-state index contributed by atoms with van der Waals surface area (Å²) in [6.45, 7) is 0.377. The zero-order valence-corrected chi connectivity index (χ0v) is 13.2. The molecular weight excluding hydrogens is 330 g/mol. The molecule has 1 N–H and O–H groups in total. The molecule has 3 rings (SSSR count). The summed E-state index contributed by atoms with van der Waals surface area (Å²) in [4.78, 5) is 11.9. The van der Waals surface area contributed by atoms with Crippen LogP contribution in [-0.2, 0) is 10.0 Å². The molecular formula is C13H11NO4S3. The fourth-order valence-electron chi connectivity index (χ4n) is 2.09. The highest BCUT2D eigenvalue weighted by atomic mass is 32.2. The maximum absolute atomic E-state index is 12.7. The smallest absolute Gasteiger partial charge is 0.345 e. The predicted molar refractivity (Wildman–Crippen MR) is 83.0 cm³/mol. The second-order valence-corrected chi connectivity index (χ2v) is 8.26. The summed E-state index contributed by atoms with van der Waals surface area (Å²) in [7, 11) is -3.72. The van der Waals surface area contributed by atoms with Gasteiger partial charge in [-0.15, -0.1) is 23.1 Å². The SMILES string of the molecule is O=C(O)c1cc(S(=O)(=O)N2CCSc3ccccc32)cs1. The average molecular weight is 341 g/mol. The Balaban J connectivity index is 2.05. The van der Waals surface area contributed by atoms with Crippen molar-refractivity contribution in [1.82, 2.24) is 0 Å². The summed E-state index contributed by atoms with van der Waals surface area (Å²) in [5, 5.41) is 10.3. The first kappa shape index (κ1) is 14.4. The normalized spacial score (nSPS) is 14.8. The Labute approximate surface area is 130 Å². The van der Waals surface area contributed by atoms with Crippen molar-refractivity contribution in [2.24, 2.45) is 0 Å². The number of fused-ring (bicyclic) bond motifs is 1. The Kier molecular flexibility index (Phi) is 3.68. The van der Waals surface area contributed by atoms with Gasteiger partial charge in [-0.1, -0.05) is 12.1 Å². The van der Waals surface area contributed by atoms with Crippen LogP contribution in [0.15, 0.2) is 45.5 Å². The molecule has 8 heteroatoms. The summed E-state index contributed by atoms with van der Waals surface area (Å²) in [6.07, 6.45) is 0. The number of anilines is 1. The molecule has 1 aromatic carbocycles. The standard InChI is InChI=1S/C13H11NO4S3/c15-13(16)12-7-9(8-20-12)21(17,18)14-5-6-19-11-4-2-1-3-10(11)14/h1-4,7-8H,5-6H2,(H,15,16). The average Bonchev–Trinajstić information content (AvgIpc) is 2.97. The van der Waals surface area contributed by atoms with E-state index in [1.54, 1.807) is 23.9 Å². The van der Waals surface area contributed by atoms with Crippen LogP contribution in [0.25, 0.3) is 0 Å². The molecule has 21 heavy (non-hydrogen) atoms. The Morgan fingerprint density at radius 1 is 1.29 bits per heavy atom. The Morgan fingerprint density at radius 2 is 2.05 bits per heavy atom. The fraction of sp³-hybridized carbons (Fsp3) is 0.154. The van der Waals surface area contributed by atoms with Gasteiger partial charge in [0.15, 0.2) is 0 Å². The van der Waals surface area contributed by atoms with E-state index < -0.39 is 16.0 Å². The van der Waals surface area contributed by atoms with Crippen molar-refractivity contribution < 1.29 is 18.3 Å². The molecule has 0 saturated carbocycles. The number of para-hydroxylation sites is 1. The predicted octanol–water partition coefficient (Wildman–Crippen LogP) is 2.75. The number of sulfonamides is 1. The van der Waals surface area contributed by atoms with Crippen LogP contribution in [0.4, 0.5) is 5.69 Å². The minimum Gasteiger partial charge on any atom is -0.477 e. The molecule has 0 saturated heterocycles. The first-order chi connectivity index (χ1) is 10.00. The van der Waals surface area contributed by atoms with Gasteiger partial charge in [0.1, 0.15) is 4.88 Å². The highest BCUT2D eigenvalue weighted by molar-refractivity contribution is 8.00. The van der Waals surface area contributed by atoms with Crippen molar-refractivity contribution in [3.05, 3.63) is 40.6 Å². The summed E-state index contributed by atoms with van der Waals surface area (Å²) in [5.74, 6) is -0.442. The first-order valence-electron chi connectivity index (χ1n) is 6.06. The van der Waals surface area contributed by atoms with Crippen LogP contribution in [0, 0.1) is 0 Å². The number of nitrogens with zero attached hydrogens (tertiary/aromatic N) is 1. The molecule has 0 amide bonds. The molecule has 110 valence electrons. The van der Waals surface area contributed by atoms with E-state index in [0.717, 1.165) is 16.2 Å². The molecule has 0 aliphatic carbocycles. The number of carboxylic acid groups (broad SMARTS) is 1. The van der Waals surface area contributed by atoms with Crippen molar-refractivity contribution >= 4 is 44.8 Å². The highest BCUT2D eigenvalue weighted by Crippen LogP contribution is 2.37. The number of thioether (sulfide) groups is 1. The third kappa shape index (κ3) is 2.54. The molecule has 0 radical (unpaired) electrons. The van der Waals surface area contributed by atoms with Gasteiger partial charge in [0.2, 0.25) is 0 Å². The van der Waals surface area contributed by atoms with E-state index in [0.29, 0.717) is 18.0 Å². The van der Waals surface area contributed by atoms with E-state index in [1.165, 1.54) is 15.8 Å². The van der Waals surface area contributed by atoms with E-state index in [9.17, 15) is 13.2 Å². The number of hydrogen-bond donors (Lipinski definition) is 1. The lowest BCUT2D eigenvalue weighted by molar-refractivity contribution is 0.0702. The van der Waals surface area contributed by atoms with Crippen molar-refractivity contribution in [2.45, 2.75) is 9.79 Å². The first-order valence-corrected chi connectivity index (χ1v) is 9.37. The minimum absolute atomic E-state index is 0.0215. The maximum atomic E-state index is 12.7. The largest absolute Gasteiger partial charge is 0.477 e. The zero-order chi connectivity index (χ0) is 15.0. The summed E-state index contributed by atoms with van der Waals surface area (Å²) >= 11 is 2.54. The monoisotopic (exact) mass is 341 g/mol. The van der Waals surface area contributed by atoms with E-state index in [1.807, 2.05) is 12.1 Å². The van der Waals surface area contributed by atoms with Crippen molar-refractivity contribution in [3.63, 3.8) is 0 Å². The molecule has 1 aliphatic rings. The van der Waals surface area contributed by atoms with Crippen LogP contribution >= 0.6 is 23.1 Å². The molecule has 0 unspecified atom stereocenters. The van der Waals surface area contributed by atoms with Crippen LogP contribution in [0.2, 0.25) is 0 Å². The number of hydrogen-bond acceptors (Lipinski definition) is 5. The third-order valence-corrected chi connectivity index (χ3v) is 6.96. The molecule has 1 aromatic heterocycles. The molecule has 5 nitrogen and oxygen atoms in total. The fourth-order valence-corrected chi connectivity index (χ4v) is 5.84. The zero-order valence-electron chi connectivity index (χ0n) is 10.7. The number of aromatic carboxylic acids is 1. The number of rotatable bonds is 3. The van der Waals surface area contributed by atoms with Crippen LogP contribution in [0.3, 0.4) is 0 Å². The maximum Gasteiger partial charge on any atom is 0.345 e. The van der Waals surface area contributed by atoms with E-state index in [2.05, 4.69) is 0 Å². The third-order valence-electron chi connectivity index (χ3n) is 3.06. The highest BCUT2D eigenvalue weighted by Gasteiger charge is 2.30. The van der Waals surface area contributed by atoms with E-state index in [4.69, 9.17) is 5.11 Å². The molecule has 2 aromatic rings. The van der Waals surface area contributed by atoms with Gasteiger partial charge in [-0.2, -0.15) is 0 Å². The van der Waals surface area contributed by atoms with Gasteiger partial charge in [-0.3, -0.25) is 4.31 Å². The molecule has 1 aliphatic heterocycles. The number of carboxylic acids is 1. The van der Waals surface area contributed by atoms with Gasteiger partial charge < -0.3 is 5.11 Å². The summed E-state index contributed by atoms with van der Waals surface area (Å²) in [5.41, 5.74) is 0.650. The second kappa shape index (κ2) is 5.36. The summed E-state index contributed by atoms with van der Waals surface area (Å²) < 4.78 is 26.8. The minimum atomic E-state index is -3.72. The van der Waals surface area contributed by atoms with Crippen LogP contribution in [0.1, 0.15) is 9.67 Å². The molecule has 2 heterocycles. The van der Waals surface area contributed by atoms with Gasteiger partial charge in [0.25, 0.3) is 10.0 Å². The summed E-state index contributed by atoms with van der Waals surface area (Å²) in [6, 6.07) is 8.53. The topological polar surface area (TPSA) is 74.7 Å². The van der Waals surface area contributed by atoms with Crippen LogP contribution in [-0.4, -0.2) is 31.8 Å². The Bertz CT molecular complexity index is 797. The molecule has 0 fully saturated rings. The van der Waals surface area contributed by atoms with Gasteiger partial charge in [-0.25, -0.2) is 13.2 Å². The Hall–Kier alpha value is -1.51. The van der Waals surface area contributed by atoms with Crippen LogP contribution in [0.5, 0.6) is 0 Å². The molecule has 0 bridgehead atoms. The van der Waals surface area contributed by atoms with Gasteiger partial charge in [0, 0.05) is 22.6 Å². The van der Waals surface area contributed by atoms with Crippen molar-refractivity contribution in [1.29, 1.82) is 0 Å². The quantitative estimate of drug-likeness (QED) is 0.929. The number of benzene rings is 1. The van der Waals surface area contributed by atoms with E-state index >= 15 is 0 Å². The molecule has 0 spiro atoms. The lowest BCUT2D eigenvalue weighted by Crippen LogP contribution is -2.35.